The maximum Gasteiger partial charge on any atom is 0.139 e. The van der Waals surface area contributed by atoms with Crippen molar-refractivity contribution in [2.45, 2.75) is 41.4 Å². The van der Waals surface area contributed by atoms with Crippen LogP contribution < -0.4 is 0 Å². The molecule has 1 N–H and O–H groups in total. The maximum absolute atomic E-state index is 5.55. The summed E-state index contributed by atoms with van der Waals surface area (Å²) >= 11 is 1.87. The summed E-state index contributed by atoms with van der Waals surface area (Å²) in [6.07, 6.45) is 0. The van der Waals surface area contributed by atoms with Crippen LogP contribution in [0.25, 0.3) is 56.2 Å². The van der Waals surface area contributed by atoms with E-state index < -0.39 is 5.41 Å². The molecule has 1 aromatic heterocycles. The second-order valence-electron chi connectivity index (χ2n) is 15.2. The summed E-state index contributed by atoms with van der Waals surface area (Å²) in [5.74, 6) is 0.871. The molecule has 1 aliphatic carbocycles. The minimum absolute atomic E-state index is 0.0576. The standard InChI is InChI=1S/C50H38N2S/c1-49(2,3)34-30-28-33(29-31-34)45-46(38-21-8-7-18-35(38)32-16-5-4-6-17-32)52-48(51-45)39-22-15-26-43-47(39)53-44-27-14-13-25-42(44)50(43)40-23-11-9-19-36(40)37-20-10-12-24-41(37)50/h4-31H,1-3H3,(H,51,52). The molecule has 1 spiro atoms. The van der Waals surface area contributed by atoms with E-state index in [9.17, 15) is 0 Å². The van der Waals surface area contributed by atoms with E-state index in [0.717, 1.165) is 33.9 Å². The van der Waals surface area contributed by atoms with Crippen LogP contribution in [0.5, 0.6) is 0 Å². The fourth-order valence-electron chi connectivity index (χ4n) is 8.67. The monoisotopic (exact) mass is 698 g/mol. The van der Waals surface area contributed by atoms with Crippen LogP contribution in [0.4, 0.5) is 0 Å². The summed E-state index contributed by atoms with van der Waals surface area (Å²) in [6, 6.07) is 62.1. The third-order valence-electron chi connectivity index (χ3n) is 11.1. The molecule has 2 nitrogen and oxygen atoms in total. The average Bonchev–Trinajstić information content (AvgIpc) is 3.77. The lowest BCUT2D eigenvalue weighted by atomic mass is 9.67. The number of aromatic nitrogens is 2. The normalized spacial score (nSPS) is 13.6. The van der Waals surface area contributed by atoms with Gasteiger partial charge in [-0.15, -0.1) is 0 Å². The quantitative estimate of drug-likeness (QED) is 0.198. The smallest absolute Gasteiger partial charge is 0.139 e. The van der Waals surface area contributed by atoms with Crippen molar-refractivity contribution < 1.29 is 0 Å². The summed E-state index contributed by atoms with van der Waals surface area (Å²) in [7, 11) is 0. The lowest BCUT2D eigenvalue weighted by Crippen LogP contribution is -2.32. The number of H-pyrrole nitrogens is 1. The lowest BCUT2D eigenvalue weighted by molar-refractivity contribution is 0.590. The van der Waals surface area contributed by atoms with Crippen LogP contribution >= 0.6 is 11.8 Å². The molecule has 0 amide bonds. The minimum atomic E-state index is -0.443. The van der Waals surface area contributed by atoms with Crippen molar-refractivity contribution in [2.24, 2.45) is 0 Å². The van der Waals surface area contributed by atoms with Crippen LogP contribution in [-0.2, 0) is 10.8 Å². The first-order chi connectivity index (χ1) is 25.9. The van der Waals surface area contributed by atoms with Gasteiger partial charge >= 0.3 is 0 Å². The molecule has 8 aromatic rings. The van der Waals surface area contributed by atoms with Gasteiger partial charge in [0.1, 0.15) is 5.82 Å². The van der Waals surface area contributed by atoms with E-state index in [1.807, 2.05) is 11.8 Å². The highest BCUT2D eigenvalue weighted by Crippen LogP contribution is 2.63. The number of nitrogens with zero attached hydrogens (tertiary/aromatic N) is 1. The molecule has 3 heteroatoms. The first-order valence-corrected chi connectivity index (χ1v) is 19.2. The Bertz CT molecular complexity index is 2630. The Labute approximate surface area is 315 Å². The van der Waals surface area contributed by atoms with Crippen molar-refractivity contribution in [3.05, 3.63) is 198 Å². The molecule has 2 aliphatic rings. The summed E-state index contributed by atoms with van der Waals surface area (Å²) < 4.78 is 0. The van der Waals surface area contributed by atoms with Gasteiger partial charge in [0.15, 0.2) is 0 Å². The lowest BCUT2D eigenvalue weighted by Gasteiger charge is -2.40. The van der Waals surface area contributed by atoms with Crippen molar-refractivity contribution in [1.29, 1.82) is 0 Å². The molecule has 0 fully saturated rings. The van der Waals surface area contributed by atoms with Crippen LogP contribution in [0.3, 0.4) is 0 Å². The Morgan fingerprint density at radius 1 is 0.472 bits per heavy atom. The van der Waals surface area contributed by atoms with Gasteiger partial charge in [-0.05, 0) is 61.6 Å². The molecule has 2 heterocycles. The number of fused-ring (bicyclic) bond motifs is 9. The van der Waals surface area contributed by atoms with Crippen LogP contribution in [0.1, 0.15) is 48.6 Å². The molecule has 0 atom stereocenters. The number of imidazole rings is 1. The van der Waals surface area contributed by atoms with Crippen LogP contribution in [0.15, 0.2) is 180 Å². The van der Waals surface area contributed by atoms with Gasteiger partial charge in [-0.2, -0.15) is 0 Å². The zero-order chi connectivity index (χ0) is 35.7. The average molecular weight is 699 g/mol. The van der Waals surface area contributed by atoms with Crippen LogP contribution in [0.2, 0.25) is 0 Å². The van der Waals surface area contributed by atoms with E-state index in [4.69, 9.17) is 4.98 Å². The fourth-order valence-corrected chi connectivity index (χ4v) is 9.97. The minimum Gasteiger partial charge on any atom is -0.337 e. The zero-order valence-electron chi connectivity index (χ0n) is 30.0. The number of aromatic amines is 1. The third-order valence-corrected chi connectivity index (χ3v) is 12.4. The molecular weight excluding hydrogens is 661 g/mol. The molecule has 0 unspecified atom stereocenters. The molecule has 0 radical (unpaired) electrons. The summed E-state index contributed by atoms with van der Waals surface area (Å²) in [5, 5.41) is 0. The van der Waals surface area contributed by atoms with Gasteiger partial charge in [-0.1, -0.05) is 196 Å². The largest absolute Gasteiger partial charge is 0.337 e. The molecule has 0 saturated carbocycles. The topological polar surface area (TPSA) is 28.7 Å². The summed E-state index contributed by atoms with van der Waals surface area (Å²) in [6.45, 7) is 6.79. The van der Waals surface area contributed by atoms with E-state index in [1.165, 1.54) is 59.9 Å². The van der Waals surface area contributed by atoms with Gasteiger partial charge in [0.2, 0.25) is 0 Å². The van der Waals surface area contributed by atoms with E-state index in [0.29, 0.717) is 0 Å². The summed E-state index contributed by atoms with van der Waals surface area (Å²) in [4.78, 5) is 12.0. The molecule has 53 heavy (non-hydrogen) atoms. The van der Waals surface area contributed by atoms with Gasteiger partial charge in [-0.25, -0.2) is 4.98 Å². The highest BCUT2D eigenvalue weighted by Gasteiger charge is 2.50. The fraction of sp³-hybridized carbons (Fsp3) is 0.100. The van der Waals surface area contributed by atoms with Crippen molar-refractivity contribution >= 4 is 11.8 Å². The number of hydrogen-bond donors (Lipinski definition) is 1. The van der Waals surface area contributed by atoms with Crippen molar-refractivity contribution in [3.63, 3.8) is 0 Å². The van der Waals surface area contributed by atoms with Gasteiger partial charge in [0.25, 0.3) is 0 Å². The molecule has 10 rings (SSSR count). The number of benzene rings is 7. The van der Waals surface area contributed by atoms with Crippen molar-refractivity contribution in [3.8, 4) is 56.2 Å². The van der Waals surface area contributed by atoms with E-state index in [1.54, 1.807) is 0 Å². The van der Waals surface area contributed by atoms with Gasteiger partial charge in [0, 0.05) is 26.5 Å². The molecular formula is C50H38N2S. The molecule has 7 aromatic carbocycles. The second-order valence-corrected chi connectivity index (χ2v) is 16.2. The van der Waals surface area contributed by atoms with Crippen LogP contribution in [-0.4, -0.2) is 9.97 Å². The highest BCUT2D eigenvalue weighted by molar-refractivity contribution is 7.99. The Morgan fingerprint density at radius 3 is 1.70 bits per heavy atom. The molecule has 254 valence electrons. The second kappa shape index (κ2) is 12.1. The third kappa shape index (κ3) is 4.84. The molecule has 1 aliphatic heterocycles. The number of hydrogen-bond acceptors (Lipinski definition) is 2. The summed E-state index contributed by atoms with van der Waals surface area (Å²) in [5.41, 5.74) is 16.5. The van der Waals surface area contributed by atoms with E-state index in [-0.39, 0.29) is 5.41 Å². The highest BCUT2D eigenvalue weighted by atomic mass is 32.2. The van der Waals surface area contributed by atoms with E-state index in [2.05, 4.69) is 196 Å². The van der Waals surface area contributed by atoms with Gasteiger partial charge < -0.3 is 4.98 Å². The number of nitrogens with one attached hydrogen (secondary N) is 1. The van der Waals surface area contributed by atoms with Crippen molar-refractivity contribution in [2.75, 3.05) is 0 Å². The van der Waals surface area contributed by atoms with Crippen molar-refractivity contribution in [1.82, 2.24) is 9.97 Å². The first-order valence-electron chi connectivity index (χ1n) is 18.4. The van der Waals surface area contributed by atoms with Crippen LogP contribution in [0, 0.1) is 0 Å². The Hall–Kier alpha value is -5.90. The zero-order valence-corrected chi connectivity index (χ0v) is 30.8. The van der Waals surface area contributed by atoms with Gasteiger partial charge in [0.05, 0.1) is 16.8 Å². The number of rotatable bonds is 4. The Balaban J connectivity index is 1.23. The first kappa shape index (κ1) is 31.8. The molecule has 0 saturated heterocycles. The van der Waals surface area contributed by atoms with Gasteiger partial charge in [-0.3, -0.25) is 0 Å². The Morgan fingerprint density at radius 2 is 1.02 bits per heavy atom. The molecule has 0 bridgehead atoms. The predicted molar refractivity (Wildman–Crippen MR) is 220 cm³/mol. The Kier molecular flexibility index (Phi) is 7.25. The van der Waals surface area contributed by atoms with E-state index >= 15 is 0 Å². The maximum atomic E-state index is 5.55. The SMILES string of the molecule is CC(C)(C)c1ccc(-c2nc(-c3cccc4c3Sc3ccccc3C43c4ccccc4-c4ccccc43)[nH]c2-c2ccccc2-c2ccccc2)cc1. The predicted octanol–water partition coefficient (Wildman–Crippen LogP) is 13.2.